The molecule has 2 aromatic carbocycles. The molecular formula is C17H12INO2. The predicted molar refractivity (Wildman–Crippen MR) is 91.2 cm³/mol. The fraction of sp³-hybridized carbons (Fsp3) is 0.0588. The van der Waals surface area contributed by atoms with Crippen molar-refractivity contribution in [3.63, 3.8) is 0 Å². The third-order valence-electron chi connectivity index (χ3n) is 3.32. The van der Waals surface area contributed by atoms with E-state index in [4.69, 9.17) is 4.74 Å². The standard InChI is InChI=1S/C17H12INO2/c1-21-17(20)12-8-6-11(7-9-12)16-13-4-2-3-5-15(13)19-10-14(16)18/h2-10H,1H3. The molecule has 0 unspecified atom stereocenters. The number of methoxy groups -OCH3 is 1. The number of hydrogen-bond donors (Lipinski definition) is 0. The van der Waals surface area contributed by atoms with Gasteiger partial charge in [0.2, 0.25) is 0 Å². The number of halogens is 1. The van der Waals surface area contributed by atoms with Crippen molar-refractivity contribution in [1.82, 2.24) is 4.98 Å². The first kappa shape index (κ1) is 14.0. The first-order valence-electron chi connectivity index (χ1n) is 6.42. The molecule has 0 fully saturated rings. The van der Waals surface area contributed by atoms with Gasteiger partial charge in [0.25, 0.3) is 0 Å². The quantitative estimate of drug-likeness (QED) is 0.485. The highest BCUT2D eigenvalue weighted by atomic mass is 127. The molecule has 0 N–H and O–H groups in total. The number of rotatable bonds is 2. The van der Waals surface area contributed by atoms with Crippen LogP contribution in [0.15, 0.2) is 54.7 Å². The summed E-state index contributed by atoms with van der Waals surface area (Å²) < 4.78 is 5.81. The van der Waals surface area contributed by atoms with Crippen molar-refractivity contribution >= 4 is 39.5 Å². The van der Waals surface area contributed by atoms with Crippen LogP contribution in [-0.4, -0.2) is 18.1 Å². The van der Waals surface area contributed by atoms with Crippen LogP contribution in [0.25, 0.3) is 22.0 Å². The molecule has 0 saturated heterocycles. The lowest BCUT2D eigenvalue weighted by Crippen LogP contribution is -2.00. The molecule has 0 aliphatic heterocycles. The van der Waals surface area contributed by atoms with Gasteiger partial charge in [0.15, 0.2) is 0 Å². The number of para-hydroxylation sites is 1. The number of benzene rings is 2. The van der Waals surface area contributed by atoms with Crippen molar-refractivity contribution in [2.45, 2.75) is 0 Å². The average molecular weight is 389 g/mol. The number of carbonyl (C=O) groups excluding carboxylic acids is 1. The van der Waals surface area contributed by atoms with Gasteiger partial charge in [-0.05, 0) is 46.4 Å². The summed E-state index contributed by atoms with van der Waals surface area (Å²) in [6.07, 6.45) is 1.87. The summed E-state index contributed by atoms with van der Waals surface area (Å²) in [6.45, 7) is 0. The van der Waals surface area contributed by atoms with Crippen LogP contribution < -0.4 is 0 Å². The average Bonchev–Trinajstić information content (AvgIpc) is 2.54. The molecule has 0 radical (unpaired) electrons. The van der Waals surface area contributed by atoms with Gasteiger partial charge in [-0.25, -0.2) is 4.79 Å². The summed E-state index contributed by atoms with van der Waals surface area (Å²) in [5.41, 5.74) is 3.71. The summed E-state index contributed by atoms with van der Waals surface area (Å²) in [6, 6.07) is 15.5. The SMILES string of the molecule is COC(=O)c1ccc(-c2c(I)cnc3ccccc23)cc1. The molecule has 0 aliphatic rings. The molecule has 0 saturated carbocycles. The van der Waals surface area contributed by atoms with E-state index in [1.165, 1.54) is 7.11 Å². The minimum Gasteiger partial charge on any atom is -0.465 e. The zero-order chi connectivity index (χ0) is 14.8. The maximum absolute atomic E-state index is 11.5. The van der Waals surface area contributed by atoms with Crippen LogP contribution >= 0.6 is 22.6 Å². The van der Waals surface area contributed by atoms with Gasteiger partial charge in [-0.2, -0.15) is 0 Å². The first-order valence-corrected chi connectivity index (χ1v) is 7.50. The van der Waals surface area contributed by atoms with Crippen LogP contribution in [0, 0.1) is 3.57 Å². The second kappa shape index (κ2) is 5.81. The van der Waals surface area contributed by atoms with E-state index in [0.29, 0.717) is 5.56 Å². The van der Waals surface area contributed by atoms with E-state index in [-0.39, 0.29) is 5.97 Å². The molecule has 1 heterocycles. The number of carbonyl (C=O) groups is 1. The van der Waals surface area contributed by atoms with Gasteiger partial charge in [0, 0.05) is 20.7 Å². The Morgan fingerprint density at radius 3 is 2.52 bits per heavy atom. The molecule has 21 heavy (non-hydrogen) atoms. The molecular weight excluding hydrogens is 377 g/mol. The zero-order valence-corrected chi connectivity index (χ0v) is 13.5. The van der Waals surface area contributed by atoms with Gasteiger partial charge >= 0.3 is 5.97 Å². The van der Waals surface area contributed by atoms with Gasteiger partial charge in [0.05, 0.1) is 18.2 Å². The minimum atomic E-state index is -0.323. The maximum atomic E-state index is 11.5. The smallest absolute Gasteiger partial charge is 0.337 e. The fourth-order valence-electron chi connectivity index (χ4n) is 2.30. The molecule has 3 aromatic rings. The molecule has 0 spiro atoms. The molecule has 0 atom stereocenters. The van der Waals surface area contributed by atoms with Gasteiger partial charge in [0.1, 0.15) is 0 Å². The molecule has 0 amide bonds. The Hall–Kier alpha value is -1.95. The summed E-state index contributed by atoms with van der Waals surface area (Å²) in [5.74, 6) is -0.323. The van der Waals surface area contributed by atoms with Crippen LogP contribution in [0.4, 0.5) is 0 Å². The summed E-state index contributed by atoms with van der Waals surface area (Å²) in [4.78, 5) is 16.0. The van der Waals surface area contributed by atoms with Crippen molar-refractivity contribution in [2.75, 3.05) is 7.11 Å². The van der Waals surface area contributed by atoms with Gasteiger partial charge < -0.3 is 4.74 Å². The van der Waals surface area contributed by atoms with E-state index in [9.17, 15) is 4.79 Å². The first-order chi connectivity index (χ1) is 10.2. The topological polar surface area (TPSA) is 39.2 Å². The fourth-order valence-corrected chi connectivity index (χ4v) is 3.04. The Bertz CT molecular complexity index is 813. The highest BCUT2D eigenvalue weighted by Gasteiger charge is 2.10. The molecule has 3 nitrogen and oxygen atoms in total. The lowest BCUT2D eigenvalue weighted by molar-refractivity contribution is 0.0601. The zero-order valence-electron chi connectivity index (χ0n) is 11.3. The normalized spacial score (nSPS) is 10.6. The Kier molecular flexibility index (Phi) is 3.88. The lowest BCUT2D eigenvalue weighted by Gasteiger charge is -2.09. The molecule has 4 heteroatoms. The van der Waals surface area contributed by atoms with E-state index >= 15 is 0 Å². The van der Waals surface area contributed by atoms with Gasteiger partial charge in [-0.3, -0.25) is 4.98 Å². The number of ether oxygens (including phenoxy) is 1. The Morgan fingerprint density at radius 2 is 1.81 bits per heavy atom. The minimum absolute atomic E-state index is 0.323. The number of fused-ring (bicyclic) bond motifs is 1. The monoisotopic (exact) mass is 389 g/mol. The maximum Gasteiger partial charge on any atom is 0.337 e. The summed E-state index contributed by atoms with van der Waals surface area (Å²) in [5, 5.41) is 1.11. The Morgan fingerprint density at radius 1 is 1.10 bits per heavy atom. The van der Waals surface area contributed by atoms with Crippen LogP contribution in [0.3, 0.4) is 0 Å². The number of pyridine rings is 1. The third kappa shape index (κ3) is 2.63. The van der Waals surface area contributed by atoms with Crippen molar-refractivity contribution in [2.24, 2.45) is 0 Å². The van der Waals surface area contributed by atoms with Gasteiger partial charge in [-0.15, -0.1) is 0 Å². The van der Waals surface area contributed by atoms with Crippen LogP contribution in [0.1, 0.15) is 10.4 Å². The van der Waals surface area contributed by atoms with E-state index in [2.05, 4.69) is 33.6 Å². The second-order valence-electron chi connectivity index (χ2n) is 4.57. The van der Waals surface area contributed by atoms with E-state index < -0.39 is 0 Å². The number of hydrogen-bond acceptors (Lipinski definition) is 3. The van der Waals surface area contributed by atoms with Crippen molar-refractivity contribution in [3.05, 3.63) is 63.9 Å². The Labute approximate surface area is 136 Å². The molecule has 0 bridgehead atoms. The molecule has 1 aromatic heterocycles. The number of esters is 1. The lowest BCUT2D eigenvalue weighted by atomic mass is 10.0. The van der Waals surface area contributed by atoms with Crippen molar-refractivity contribution in [1.29, 1.82) is 0 Å². The highest BCUT2D eigenvalue weighted by molar-refractivity contribution is 14.1. The Balaban J connectivity index is 2.16. The van der Waals surface area contributed by atoms with Gasteiger partial charge in [-0.1, -0.05) is 30.3 Å². The van der Waals surface area contributed by atoms with E-state index in [0.717, 1.165) is 25.6 Å². The second-order valence-corrected chi connectivity index (χ2v) is 5.73. The highest BCUT2D eigenvalue weighted by Crippen LogP contribution is 2.32. The molecule has 3 rings (SSSR count). The largest absolute Gasteiger partial charge is 0.465 e. The molecule has 104 valence electrons. The number of nitrogens with zero attached hydrogens (tertiary/aromatic N) is 1. The van der Waals surface area contributed by atoms with Crippen LogP contribution in [-0.2, 0) is 4.74 Å². The third-order valence-corrected chi connectivity index (χ3v) is 4.14. The predicted octanol–water partition coefficient (Wildman–Crippen LogP) is 4.29. The number of aromatic nitrogens is 1. The summed E-state index contributed by atoms with van der Waals surface area (Å²) in [7, 11) is 1.38. The molecule has 0 aliphatic carbocycles. The van der Waals surface area contributed by atoms with Crippen molar-refractivity contribution < 1.29 is 9.53 Å². The van der Waals surface area contributed by atoms with Crippen molar-refractivity contribution in [3.8, 4) is 11.1 Å². The van der Waals surface area contributed by atoms with Crippen LogP contribution in [0.2, 0.25) is 0 Å². The summed E-state index contributed by atoms with van der Waals surface area (Å²) >= 11 is 2.29. The van der Waals surface area contributed by atoms with E-state index in [1.807, 2.05) is 36.5 Å². The van der Waals surface area contributed by atoms with Crippen LogP contribution in [0.5, 0.6) is 0 Å². The van der Waals surface area contributed by atoms with E-state index in [1.54, 1.807) is 12.1 Å².